The van der Waals surface area contributed by atoms with Gasteiger partial charge in [-0.3, -0.25) is 0 Å². The Balaban J connectivity index is 1.16. The van der Waals surface area contributed by atoms with E-state index < -0.39 is 6.03 Å². The number of ether oxygens (including phenoxy) is 2. The molecule has 0 aromatic heterocycles. The maximum atomic E-state index is 7.29. The first-order valence-electron chi connectivity index (χ1n) is 20.8. The fourth-order valence-corrected chi connectivity index (χ4v) is 12.3. The molecule has 1 saturated heterocycles. The summed E-state index contributed by atoms with van der Waals surface area (Å²) < 4.78 is 19.4. The molecule has 0 N–H and O–H groups in total. The molecule has 4 aliphatic rings. The third-order valence-corrected chi connectivity index (χ3v) is 15.0. The minimum absolute atomic E-state index is 0.0937. The summed E-state index contributed by atoms with van der Waals surface area (Å²) in [4.78, 5) is 0. The molecule has 2 fully saturated rings. The van der Waals surface area contributed by atoms with Crippen molar-refractivity contribution in [2.75, 3.05) is 18.5 Å². The monoisotopic (exact) mass is 726 g/mol. The fourth-order valence-electron chi connectivity index (χ4n) is 9.52. The summed E-state index contributed by atoms with van der Waals surface area (Å²) >= 11 is 0. The van der Waals surface area contributed by atoms with E-state index in [0.717, 1.165) is 65.9 Å². The van der Waals surface area contributed by atoms with E-state index >= 15 is 0 Å². The molecule has 53 heavy (non-hydrogen) atoms. The van der Waals surface area contributed by atoms with Crippen LogP contribution in [-0.2, 0) is 12.8 Å². The molecule has 1 saturated carbocycles. The average Bonchev–Trinajstić information content (AvgIpc) is 3.45. The topological polar surface area (TPSA) is 24.5 Å². The summed E-state index contributed by atoms with van der Waals surface area (Å²) in [6.45, 7) is 11.3. The highest BCUT2D eigenvalue weighted by Crippen LogP contribution is 2.47. The molecule has 4 aromatic carbocycles. The minimum Gasteiger partial charge on any atom is -0.340 e. The third-order valence-electron chi connectivity index (χ3n) is 12.2. The molecule has 4 nitrogen and oxygen atoms in total. The van der Waals surface area contributed by atoms with E-state index in [4.69, 9.17) is 9.47 Å². The average molecular weight is 727 g/mol. The second-order valence-corrected chi connectivity index (χ2v) is 18.7. The fraction of sp³-hybridized carbons (Fsp3) is 0.458. The molecule has 3 atom stereocenters. The summed E-state index contributed by atoms with van der Waals surface area (Å²) in [5.74, 6) is 1.87. The van der Waals surface area contributed by atoms with Crippen LogP contribution in [0.3, 0.4) is 0 Å². The van der Waals surface area contributed by atoms with Crippen LogP contribution in [0.25, 0.3) is 22.3 Å². The van der Waals surface area contributed by atoms with E-state index in [1.165, 1.54) is 90.4 Å². The van der Waals surface area contributed by atoms with Crippen LogP contribution in [0.1, 0.15) is 112 Å². The first kappa shape index (κ1) is 36.2. The Bertz CT molecular complexity index is 2040. The lowest BCUT2D eigenvalue weighted by atomic mass is 9.90. The van der Waals surface area contributed by atoms with Crippen molar-refractivity contribution in [2.24, 2.45) is 0 Å². The maximum absolute atomic E-state index is 7.29. The number of unbranched alkanes of at least 4 members (excludes halogenated alkanes) is 2. The summed E-state index contributed by atoms with van der Waals surface area (Å²) in [6, 6.07) is 27.1. The SMILES string of the molecule is CCCCP(CCCC)CCc1ccccc1-c1cc(C)c2c(c1)C=[N+]1C3CCCCC3[N+]3=Cc4cc(-c5ccccc5CCC)cc(C)c4OC31O2. The van der Waals surface area contributed by atoms with E-state index in [0.29, 0.717) is 12.1 Å². The van der Waals surface area contributed by atoms with Gasteiger partial charge in [0.25, 0.3) is 0 Å². The van der Waals surface area contributed by atoms with Crippen LogP contribution in [0.15, 0.2) is 72.8 Å². The van der Waals surface area contributed by atoms with E-state index in [9.17, 15) is 0 Å². The van der Waals surface area contributed by atoms with Crippen molar-refractivity contribution in [3.8, 4) is 33.8 Å². The Morgan fingerprint density at radius 1 is 0.623 bits per heavy atom. The van der Waals surface area contributed by atoms with Crippen molar-refractivity contribution >= 4 is 20.4 Å². The molecule has 0 amide bonds. The number of nitrogens with zero attached hydrogens (tertiary/aromatic N) is 2. The van der Waals surface area contributed by atoms with Crippen LogP contribution in [-0.4, -0.2) is 58.2 Å². The highest BCUT2D eigenvalue weighted by molar-refractivity contribution is 7.57. The number of hydrogen-bond donors (Lipinski definition) is 0. The number of fused-ring (bicyclic) bond motifs is 5. The lowest BCUT2D eigenvalue weighted by Gasteiger charge is -2.29. The maximum Gasteiger partial charge on any atom is 0.704 e. The van der Waals surface area contributed by atoms with Gasteiger partial charge in [-0.25, -0.2) is 0 Å². The second kappa shape index (κ2) is 15.5. The number of benzene rings is 4. The van der Waals surface area contributed by atoms with Crippen molar-refractivity contribution in [2.45, 2.75) is 123 Å². The molecule has 5 heteroatoms. The Hall–Kier alpha value is -3.75. The zero-order valence-corrected chi connectivity index (χ0v) is 33.7. The number of rotatable bonds is 13. The largest absolute Gasteiger partial charge is 0.704 e. The van der Waals surface area contributed by atoms with Crippen molar-refractivity contribution in [1.29, 1.82) is 0 Å². The smallest absolute Gasteiger partial charge is 0.340 e. The standard InChI is InChI=1S/C48H59N2O2P/c1-6-9-25-53(26-10-7-2)27-24-37-19-12-14-21-43(37)39-29-35(5)47-41(31-39)33-50-45-23-16-15-22-44(45)49-32-40-30-38(42-20-13-11-18-36(42)17-8-3)28-34(4)46(40)51-48(49,50)52-47/h11-14,18-21,28-33,44-45H,6-10,15-17,22-27H2,1-5H3/q+2. The molecule has 0 bridgehead atoms. The van der Waals surface area contributed by atoms with Crippen molar-refractivity contribution in [3.05, 3.63) is 106 Å². The van der Waals surface area contributed by atoms with Crippen molar-refractivity contribution < 1.29 is 18.6 Å². The molecule has 3 unspecified atom stereocenters. The molecular formula is C48H59N2O2P+2. The van der Waals surface area contributed by atoms with Gasteiger partial charge in [-0.2, -0.15) is 0 Å². The summed E-state index contributed by atoms with van der Waals surface area (Å²) in [5.41, 5.74) is 12.8. The van der Waals surface area contributed by atoms with Gasteiger partial charge in [-0.05, 0) is 140 Å². The highest BCUT2D eigenvalue weighted by atomic mass is 31.1. The number of hydrogen-bond acceptors (Lipinski definition) is 2. The lowest BCUT2D eigenvalue weighted by Crippen LogP contribution is -2.60. The second-order valence-electron chi connectivity index (χ2n) is 16.0. The molecular weight excluding hydrogens is 668 g/mol. The van der Waals surface area contributed by atoms with Gasteiger partial charge >= 0.3 is 6.03 Å². The van der Waals surface area contributed by atoms with Crippen LogP contribution in [0.5, 0.6) is 11.5 Å². The predicted molar refractivity (Wildman–Crippen MR) is 223 cm³/mol. The lowest BCUT2D eigenvalue weighted by molar-refractivity contribution is -0.866. The van der Waals surface area contributed by atoms with E-state index in [1.54, 1.807) is 0 Å². The van der Waals surface area contributed by atoms with Crippen LogP contribution in [0.4, 0.5) is 0 Å². The van der Waals surface area contributed by atoms with Gasteiger partial charge in [-0.15, -0.1) is 7.92 Å². The Labute approximate surface area is 319 Å². The molecule has 276 valence electrons. The van der Waals surface area contributed by atoms with Gasteiger partial charge < -0.3 is 9.47 Å². The van der Waals surface area contributed by atoms with Gasteiger partial charge in [0.05, 0.1) is 11.1 Å². The van der Waals surface area contributed by atoms with E-state index in [1.807, 2.05) is 0 Å². The predicted octanol–water partition coefficient (Wildman–Crippen LogP) is 11.5. The first-order chi connectivity index (χ1) is 25.9. The Morgan fingerprint density at radius 3 is 1.60 bits per heavy atom. The molecule has 4 aromatic rings. The molecule has 1 aliphatic carbocycles. The van der Waals surface area contributed by atoms with Gasteiger partial charge in [-0.1, -0.05) is 97.7 Å². The van der Waals surface area contributed by atoms with E-state index in [-0.39, 0.29) is 7.92 Å². The number of aryl methyl sites for hydroxylation is 4. The minimum atomic E-state index is -1.02. The van der Waals surface area contributed by atoms with Crippen LogP contribution >= 0.6 is 7.92 Å². The van der Waals surface area contributed by atoms with Crippen molar-refractivity contribution in [3.63, 3.8) is 0 Å². The van der Waals surface area contributed by atoms with Crippen LogP contribution in [0, 0.1) is 13.8 Å². The molecule has 3 aliphatic heterocycles. The molecule has 8 rings (SSSR count). The molecule has 0 radical (unpaired) electrons. The zero-order chi connectivity index (χ0) is 36.5. The highest BCUT2D eigenvalue weighted by Gasteiger charge is 2.76. The van der Waals surface area contributed by atoms with Crippen LogP contribution in [0.2, 0.25) is 0 Å². The van der Waals surface area contributed by atoms with Gasteiger partial charge in [0.15, 0.2) is 23.9 Å². The third kappa shape index (κ3) is 6.79. The van der Waals surface area contributed by atoms with Crippen LogP contribution < -0.4 is 9.47 Å². The quantitative estimate of drug-likeness (QED) is 0.101. The van der Waals surface area contributed by atoms with Gasteiger partial charge in [0.1, 0.15) is 0 Å². The Kier molecular flexibility index (Phi) is 10.6. The molecule has 3 heterocycles. The summed E-state index contributed by atoms with van der Waals surface area (Å²) in [6.07, 6.45) is 22.4. The van der Waals surface area contributed by atoms with Crippen molar-refractivity contribution in [1.82, 2.24) is 0 Å². The molecule has 1 spiro atoms. The normalized spacial score (nSPS) is 21.0. The van der Waals surface area contributed by atoms with Gasteiger partial charge in [0.2, 0.25) is 12.1 Å². The van der Waals surface area contributed by atoms with E-state index in [2.05, 4.69) is 129 Å². The zero-order valence-electron chi connectivity index (χ0n) is 32.8. The summed E-state index contributed by atoms with van der Waals surface area (Å²) in [7, 11) is 0.0937. The summed E-state index contributed by atoms with van der Waals surface area (Å²) in [5, 5.41) is 0. The van der Waals surface area contributed by atoms with Gasteiger partial charge in [0, 0.05) is 12.8 Å². The Morgan fingerprint density at radius 2 is 1.11 bits per heavy atom. The first-order valence-corrected chi connectivity index (χ1v) is 22.7.